The molecule has 1 N–H and O–H groups in total. The van der Waals surface area contributed by atoms with Crippen LogP contribution in [0.25, 0.3) is 6.08 Å². The quantitative estimate of drug-likeness (QED) is 0.358. The summed E-state index contributed by atoms with van der Waals surface area (Å²) in [4.78, 5) is 22.4. The lowest BCUT2D eigenvalue weighted by Crippen LogP contribution is -2.09. The molecule has 0 aromatic heterocycles. The Labute approximate surface area is 141 Å². The summed E-state index contributed by atoms with van der Waals surface area (Å²) in [5, 5.41) is 13.7. The van der Waals surface area contributed by atoms with E-state index in [1.54, 1.807) is 18.2 Å². The molecule has 6 heteroatoms. The van der Waals surface area contributed by atoms with Gasteiger partial charge in [0.25, 0.3) is 5.69 Å². The van der Waals surface area contributed by atoms with Gasteiger partial charge in [-0.1, -0.05) is 12.1 Å². The van der Waals surface area contributed by atoms with Crippen molar-refractivity contribution in [1.82, 2.24) is 0 Å². The van der Waals surface area contributed by atoms with Gasteiger partial charge in [-0.15, -0.1) is 0 Å². The number of carbonyl (C=O) groups excluding carboxylic acids is 1. The molecule has 0 aliphatic heterocycles. The highest BCUT2D eigenvalue weighted by atomic mass is 127. The minimum atomic E-state index is -0.471. The van der Waals surface area contributed by atoms with E-state index in [1.165, 1.54) is 18.2 Å². The summed E-state index contributed by atoms with van der Waals surface area (Å²) in [5.41, 5.74) is 2.04. The van der Waals surface area contributed by atoms with Gasteiger partial charge in [0.2, 0.25) is 5.91 Å². The summed E-state index contributed by atoms with van der Waals surface area (Å²) in [7, 11) is 0. The molecule has 0 fully saturated rings. The van der Waals surface area contributed by atoms with Gasteiger partial charge in [0.05, 0.1) is 10.5 Å². The standard InChI is InChI=1S/C16H13IN2O3/c1-11-10-13(17)7-8-14(11)18-16(20)9-6-12-4-2-3-5-15(12)19(21)22/h2-10H,1H3,(H,18,20)/b9-6+. The first-order valence-electron chi connectivity index (χ1n) is 6.46. The van der Waals surface area contributed by atoms with Crippen LogP contribution < -0.4 is 5.32 Å². The number of benzene rings is 2. The number of para-hydroxylation sites is 1. The minimum Gasteiger partial charge on any atom is -0.322 e. The number of amides is 1. The normalized spacial score (nSPS) is 10.6. The number of nitro groups is 1. The molecule has 2 rings (SSSR count). The van der Waals surface area contributed by atoms with Crippen LogP contribution in [0.1, 0.15) is 11.1 Å². The molecule has 0 aliphatic carbocycles. The molecule has 5 nitrogen and oxygen atoms in total. The van der Waals surface area contributed by atoms with Gasteiger partial charge in [-0.25, -0.2) is 0 Å². The summed E-state index contributed by atoms with van der Waals surface area (Å²) in [6.07, 6.45) is 2.73. The molecule has 2 aromatic carbocycles. The van der Waals surface area contributed by atoms with E-state index in [4.69, 9.17) is 0 Å². The van der Waals surface area contributed by atoms with Crippen molar-refractivity contribution in [2.45, 2.75) is 6.92 Å². The van der Waals surface area contributed by atoms with Crippen LogP contribution in [-0.2, 0) is 4.79 Å². The van der Waals surface area contributed by atoms with Crippen molar-refractivity contribution < 1.29 is 9.72 Å². The fraction of sp³-hybridized carbons (Fsp3) is 0.0625. The van der Waals surface area contributed by atoms with Crippen molar-refractivity contribution in [3.63, 3.8) is 0 Å². The van der Waals surface area contributed by atoms with Crippen molar-refractivity contribution in [1.29, 1.82) is 0 Å². The highest BCUT2D eigenvalue weighted by Gasteiger charge is 2.10. The van der Waals surface area contributed by atoms with Crippen LogP contribution in [0.2, 0.25) is 0 Å². The van der Waals surface area contributed by atoms with Gasteiger partial charge in [0, 0.05) is 21.4 Å². The lowest BCUT2D eigenvalue weighted by molar-refractivity contribution is -0.385. The van der Waals surface area contributed by atoms with Crippen LogP contribution in [0, 0.1) is 20.6 Å². The Morgan fingerprint density at radius 3 is 2.68 bits per heavy atom. The second kappa shape index (κ2) is 7.17. The zero-order valence-electron chi connectivity index (χ0n) is 11.7. The fourth-order valence-corrected chi connectivity index (χ4v) is 2.55. The van der Waals surface area contributed by atoms with Crippen molar-refractivity contribution in [3.8, 4) is 0 Å². The van der Waals surface area contributed by atoms with Gasteiger partial charge < -0.3 is 5.32 Å². The number of nitro benzene ring substituents is 1. The van der Waals surface area contributed by atoms with Crippen LogP contribution >= 0.6 is 22.6 Å². The monoisotopic (exact) mass is 408 g/mol. The van der Waals surface area contributed by atoms with E-state index in [0.29, 0.717) is 5.56 Å². The molecule has 1 amide bonds. The third-order valence-corrected chi connectivity index (χ3v) is 3.67. The minimum absolute atomic E-state index is 0.0306. The Bertz CT molecular complexity index is 757. The van der Waals surface area contributed by atoms with Gasteiger partial charge in [-0.05, 0) is 65.4 Å². The molecule has 22 heavy (non-hydrogen) atoms. The topological polar surface area (TPSA) is 72.2 Å². The second-order valence-electron chi connectivity index (χ2n) is 4.60. The number of aryl methyl sites for hydroxylation is 1. The molecule has 0 heterocycles. The van der Waals surface area contributed by atoms with Gasteiger partial charge in [-0.3, -0.25) is 14.9 Å². The Kier molecular flexibility index (Phi) is 5.26. The van der Waals surface area contributed by atoms with E-state index in [0.717, 1.165) is 14.8 Å². The van der Waals surface area contributed by atoms with Crippen molar-refractivity contribution in [3.05, 3.63) is 73.4 Å². The molecule has 0 aliphatic rings. The smallest absolute Gasteiger partial charge is 0.276 e. The Hall–Kier alpha value is -2.22. The number of nitrogens with one attached hydrogen (secondary N) is 1. The predicted molar refractivity (Wildman–Crippen MR) is 94.7 cm³/mol. The van der Waals surface area contributed by atoms with E-state index < -0.39 is 4.92 Å². The molecule has 0 saturated carbocycles. The maximum atomic E-state index is 11.9. The van der Waals surface area contributed by atoms with Crippen LogP contribution in [0.5, 0.6) is 0 Å². The Balaban J connectivity index is 2.14. The van der Waals surface area contributed by atoms with Gasteiger partial charge in [0.15, 0.2) is 0 Å². The maximum Gasteiger partial charge on any atom is 0.276 e. The molecule has 0 saturated heterocycles. The molecule has 0 spiro atoms. The number of carbonyl (C=O) groups is 1. The summed E-state index contributed by atoms with van der Waals surface area (Å²) < 4.78 is 1.09. The molecular formula is C16H13IN2O3. The van der Waals surface area contributed by atoms with Crippen LogP contribution in [0.3, 0.4) is 0 Å². The van der Waals surface area contributed by atoms with Crippen molar-refractivity contribution in [2.24, 2.45) is 0 Å². The van der Waals surface area contributed by atoms with Crippen molar-refractivity contribution in [2.75, 3.05) is 5.32 Å². The van der Waals surface area contributed by atoms with E-state index in [9.17, 15) is 14.9 Å². The zero-order valence-corrected chi connectivity index (χ0v) is 13.9. The molecule has 2 aromatic rings. The average molecular weight is 408 g/mol. The Morgan fingerprint density at radius 2 is 2.00 bits per heavy atom. The lowest BCUT2D eigenvalue weighted by Gasteiger charge is -2.06. The van der Waals surface area contributed by atoms with Crippen LogP contribution in [0.4, 0.5) is 11.4 Å². The number of anilines is 1. The third kappa shape index (κ3) is 4.14. The van der Waals surface area contributed by atoms with Gasteiger partial charge >= 0.3 is 0 Å². The molecule has 0 unspecified atom stereocenters. The van der Waals surface area contributed by atoms with Gasteiger partial charge in [-0.2, -0.15) is 0 Å². The van der Waals surface area contributed by atoms with E-state index in [-0.39, 0.29) is 11.6 Å². The van der Waals surface area contributed by atoms with Gasteiger partial charge in [0.1, 0.15) is 0 Å². The van der Waals surface area contributed by atoms with Crippen LogP contribution in [0.15, 0.2) is 48.5 Å². The van der Waals surface area contributed by atoms with E-state index >= 15 is 0 Å². The number of rotatable bonds is 4. The second-order valence-corrected chi connectivity index (χ2v) is 5.84. The predicted octanol–water partition coefficient (Wildman–Crippen LogP) is 4.16. The molecular weight excluding hydrogens is 395 g/mol. The highest BCUT2D eigenvalue weighted by molar-refractivity contribution is 14.1. The first kappa shape index (κ1) is 16.2. The molecule has 112 valence electrons. The lowest BCUT2D eigenvalue weighted by atomic mass is 10.1. The average Bonchev–Trinajstić information content (AvgIpc) is 2.48. The number of hydrogen-bond donors (Lipinski definition) is 1. The first-order valence-corrected chi connectivity index (χ1v) is 7.54. The molecule has 0 bridgehead atoms. The Morgan fingerprint density at radius 1 is 1.27 bits per heavy atom. The molecule has 0 atom stereocenters. The number of halogens is 1. The van der Waals surface area contributed by atoms with E-state index in [2.05, 4.69) is 27.9 Å². The maximum absolute atomic E-state index is 11.9. The third-order valence-electron chi connectivity index (χ3n) is 2.99. The fourth-order valence-electron chi connectivity index (χ4n) is 1.90. The van der Waals surface area contributed by atoms with E-state index in [1.807, 2.05) is 25.1 Å². The largest absolute Gasteiger partial charge is 0.322 e. The zero-order chi connectivity index (χ0) is 16.1. The van der Waals surface area contributed by atoms with Crippen LogP contribution in [-0.4, -0.2) is 10.8 Å². The number of nitrogens with zero attached hydrogens (tertiary/aromatic N) is 1. The first-order chi connectivity index (χ1) is 10.5. The summed E-state index contributed by atoms with van der Waals surface area (Å²) in [6, 6.07) is 12.0. The summed E-state index contributed by atoms with van der Waals surface area (Å²) in [6.45, 7) is 1.91. The van der Waals surface area contributed by atoms with Crippen molar-refractivity contribution >= 4 is 45.9 Å². The molecule has 0 radical (unpaired) electrons. The highest BCUT2D eigenvalue weighted by Crippen LogP contribution is 2.20. The summed E-state index contributed by atoms with van der Waals surface area (Å²) >= 11 is 2.20. The SMILES string of the molecule is Cc1cc(I)ccc1NC(=O)/C=C/c1ccccc1[N+](=O)[O-]. The number of hydrogen-bond acceptors (Lipinski definition) is 3. The summed E-state index contributed by atoms with van der Waals surface area (Å²) in [5.74, 6) is -0.331.